The molecule has 0 fully saturated rings. The van der Waals surface area contributed by atoms with E-state index >= 15 is 0 Å². The first kappa shape index (κ1) is 18.8. The van der Waals surface area contributed by atoms with Gasteiger partial charge in [-0.2, -0.15) is 0 Å². The summed E-state index contributed by atoms with van der Waals surface area (Å²) in [4.78, 5) is 15.9. The third-order valence-corrected chi connectivity index (χ3v) is 9.08. The number of carbonyl (C=O) groups excluding carboxylic acids is 1. The number of rotatable bonds is 3. The van der Waals surface area contributed by atoms with Gasteiger partial charge in [-0.1, -0.05) is 84.9 Å². The molecule has 0 radical (unpaired) electrons. The highest BCUT2D eigenvalue weighted by atomic mass is 31.2. The molecule has 148 valence electrons. The van der Waals surface area contributed by atoms with Crippen LogP contribution in [0.3, 0.4) is 0 Å². The van der Waals surface area contributed by atoms with Crippen LogP contribution >= 0.6 is 7.14 Å². The summed E-state index contributed by atoms with van der Waals surface area (Å²) >= 11 is 0. The maximum atomic E-state index is 14.9. The van der Waals surface area contributed by atoms with Crippen LogP contribution in [-0.2, 0) is 9.36 Å². The summed E-state index contributed by atoms with van der Waals surface area (Å²) in [5, 5.41) is 1.77. The molecule has 30 heavy (non-hydrogen) atoms. The van der Waals surface area contributed by atoms with E-state index in [1.54, 1.807) is 0 Å². The van der Waals surface area contributed by atoms with Gasteiger partial charge in [0.15, 0.2) is 12.9 Å². The average Bonchev–Trinajstić information content (AvgIpc) is 3.00. The number of Topliss-reactive ketones (excluding diaryl/α,β-unsaturated/α-hetero) is 1. The van der Waals surface area contributed by atoms with Gasteiger partial charge in [-0.25, -0.2) is 0 Å². The van der Waals surface area contributed by atoms with E-state index in [0.29, 0.717) is 15.9 Å². The molecular weight excluding hydrogens is 389 g/mol. The molecule has 0 saturated heterocycles. The van der Waals surface area contributed by atoms with Gasteiger partial charge >= 0.3 is 0 Å². The Labute approximate surface area is 176 Å². The maximum Gasteiger partial charge on any atom is 0.194 e. The van der Waals surface area contributed by atoms with Gasteiger partial charge in [0.25, 0.3) is 0 Å². The molecule has 2 aliphatic rings. The quantitative estimate of drug-likeness (QED) is 0.563. The summed E-state index contributed by atoms with van der Waals surface area (Å²) in [6, 6.07) is 26.8. The molecule has 0 N–H and O–H groups in total. The van der Waals surface area contributed by atoms with Gasteiger partial charge in [0.1, 0.15) is 5.54 Å². The minimum absolute atomic E-state index is 0.0881. The Hall–Kier alpha value is -3.16. The Kier molecular flexibility index (Phi) is 4.20. The van der Waals surface area contributed by atoms with E-state index in [-0.39, 0.29) is 5.78 Å². The Morgan fingerprint density at radius 1 is 0.733 bits per heavy atom. The molecule has 3 nitrogen and oxygen atoms in total. The Morgan fingerprint density at radius 2 is 1.27 bits per heavy atom. The molecule has 0 saturated carbocycles. The van der Waals surface area contributed by atoms with Crippen LogP contribution in [0.15, 0.2) is 102 Å². The van der Waals surface area contributed by atoms with E-state index in [9.17, 15) is 9.36 Å². The molecule has 2 aliphatic heterocycles. The van der Waals surface area contributed by atoms with E-state index in [4.69, 9.17) is 0 Å². The monoisotopic (exact) mass is 411 g/mol. The highest BCUT2D eigenvalue weighted by molar-refractivity contribution is 7.83. The number of allylic oxidation sites excluding steroid dienone is 1. The molecule has 0 aliphatic carbocycles. The number of hydrogen-bond acceptors (Lipinski definition) is 3. The number of nitrogens with zero attached hydrogens (tertiary/aromatic N) is 1. The third kappa shape index (κ3) is 2.52. The van der Waals surface area contributed by atoms with Gasteiger partial charge in [0.05, 0.1) is 11.0 Å². The summed E-state index contributed by atoms with van der Waals surface area (Å²) < 4.78 is 14.9. The highest BCUT2D eigenvalue weighted by Crippen LogP contribution is 2.59. The summed E-state index contributed by atoms with van der Waals surface area (Å²) in [5.74, 6) is -0.0881. The van der Waals surface area contributed by atoms with Crippen LogP contribution in [0.25, 0.3) is 6.08 Å². The van der Waals surface area contributed by atoms with Gasteiger partial charge in [0, 0.05) is 16.3 Å². The molecule has 0 unspecified atom stereocenters. The van der Waals surface area contributed by atoms with Crippen molar-refractivity contribution >= 4 is 35.3 Å². The van der Waals surface area contributed by atoms with Crippen LogP contribution < -0.4 is 15.5 Å². The summed E-state index contributed by atoms with van der Waals surface area (Å²) in [5.41, 5.74) is 1.93. The van der Waals surface area contributed by atoms with Crippen molar-refractivity contribution in [3.63, 3.8) is 0 Å². The molecule has 3 aromatic carbocycles. The lowest BCUT2D eigenvalue weighted by atomic mass is 9.97. The molecule has 0 spiro atoms. The van der Waals surface area contributed by atoms with Crippen molar-refractivity contribution in [2.45, 2.75) is 19.4 Å². The Bertz CT molecular complexity index is 1210. The number of hydrogen-bond donors (Lipinski definition) is 0. The first-order valence-electron chi connectivity index (χ1n) is 10.0. The second-order valence-electron chi connectivity index (χ2n) is 8.13. The van der Waals surface area contributed by atoms with E-state index in [1.807, 2.05) is 111 Å². The van der Waals surface area contributed by atoms with Crippen molar-refractivity contribution < 1.29 is 9.36 Å². The molecule has 0 amide bonds. The molecule has 0 aromatic heterocycles. The van der Waals surface area contributed by atoms with Crippen LogP contribution in [0.2, 0.25) is 0 Å². The predicted octanol–water partition coefficient (Wildman–Crippen LogP) is 5.11. The fourth-order valence-corrected chi connectivity index (χ4v) is 7.54. The predicted molar refractivity (Wildman–Crippen MR) is 124 cm³/mol. The molecule has 3 aromatic rings. The van der Waals surface area contributed by atoms with E-state index < -0.39 is 12.7 Å². The van der Waals surface area contributed by atoms with Gasteiger partial charge in [-0.05, 0) is 31.6 Å². The average molecular weight is 411 g/mol. The second-order valence-corrected chi connectivity index (χ2v) is 10.8. The van der Waals surface area contributed by atoms with Gasteiger partial charge in [0.2, 0.25) is 0 Å². The number of anilines is 1. The van der Waals surface area contributed by atoms with Gasteiger partial charge in [-0.15, -0.1) is 0 Å². The van der Waals surface area contributed by atoms with Crippen molar-refractivity contribution in [2.24, 2.45) is 0 Å². The van der Waals surface area contributed by atoms with Crippen molar-refractivity contribution in [1.29, 1.82) is 0 Å². The Balaban J connectivity index is 1.85. The molecule has 4 heteroatoms. The molecular formula is C26H22NO2P. The second kappa shape index (κ2) is 6.68. The summed E-state index contributed by atoms with van der Waals surface area (Å²) in [7, 11) is -3.37. The van der Waals surface area contributed by atoms with Crippen molar-refractivity contribution in [1.82, 2.24) is 0 Å². The standard InChI is InChI=1S/C26H22NO2P/c1-26(2)25(28)24(23-18-17-19-11-9-10-16-22(19)27(23)26)30(29,20-12-5-3-6-13-20)21-14-7-4-8-15-21/h3-18H,1-2H3. The first-order chi connectivity index (χ1) is 14.5. The molecule has 0 atom stereocenters. The zero-order valence-electron chi connectivity index (χ0n) is 16.9. The first-order valence-corrected chi connectivity index (χ1v) is 11.7. The van der Waals surface area contributed by atoms with E-state index in [2.05, 4.69) is 4.90 Å². The van der Waals surface area contributed by atoms with Crippen LogP contribution in [-0.4, -0.2) is 11.3 Å². The zero-order chi connectivity index (χ0) is 20.9. The molecule has 5 rings (SSSR count). The lowest BCUT2D eigenvalue weighted by Gasteiger charge is -2.36. The van der Waals surface area contributed by atoms with Crippen molar-refractivity contribution in [3.8, 4) is 0 Å². The normalized spacial score (nSPS) is 17.1. The fraction of sp³-hybridized carbons (Fsp3) is 0.115. The number of ketones is 1. The van der Waals surface area contributed by atoms with E-state index in [1.165, 1.54) is 0 Å². The Morgan fingerprint density at radius 3 is 1.87 bits per heavy atom. The minimum Gasteiger partial charge on any atom is -0.327 e. The number of benzene rings is 3. The maximum absolute atomic E-state index is 14.9. The molecule has 0 bridgehead atoms. The summed E-state index contributed by atoms with van der Waals surface area (Å²) in [6.45, 7) is 3.83. The summed E-state index contributed by atoms with van der Waals surface area (Å²) in [6.07, 6.45) is 3.96. The van der Waals surface area contributed by atoms with Crippen LogP contribution in [0.5, 0.6) is 0 Å². The van der Waals surface area contributed by atoms with Gasteiger partial charge < -0.3 is 9.46 Å². The highest BCUT2D eigenvalue weighted by Gasteiger charge is 2.53. The van der Waals surface area contributed by atoms with E-state index in [0.717, 1.165) is 16.9 Å². The topological polar surface area (TPSA) is 37.4 Å². The fourth-order valence-electron chi connectivity index (χ4n) is 4.49. The number of carbonyl (C=O) groups is 1. The molecule has 2 heterocycles. The SMILES string of the molecule is CC1(C)C(=O)C(P(=O)(c2ccccc2)c2ccccc2)=C2C=Cc3ccccc3N21. The van der Waals surface area contributed by atoms with Crippen molar-refractivity contribution in [3.05, 3.63) is 108 Å². The van der Waals surface area contributed by atoms with Crippen LogP contribution in [0, 0.1) is 0 Å². The lowest BCUT2D eigenvalue weighted by Crippen LogP contribution is -2.45. The largest absolute Gasteiger partial charge is 0.327 e. The van der Waals surface area contributed by atoms with Gasteiger partial charge in [-0.3, -0.25) is 4.79 Å². The third-order valence-electron chi connectivity index (χ3n) is 5.97. The zero-order valence-corrected chi connectivity index (χ0v) is 17.8. The minimum atomic E-state index is -3.37. The smallest absolute Gasteiger partial charge is 0.194 e. The van der Waals surface area contributed by atoms with Crippen molar-refractivity contribution in [2.75, 3.05) is 4.90 Å². The number of fused-ring (bicyclic) bond motifs is 3. The van der Waals surface area contributed by atoms with Crippen LogP contribution in [0.1, 0.15) is 19.4 Å². The lowest BCUT2D eigenvalue weighted by molar-refractivity contribution is -0.117. The van der Waals surface area contributed by atoms with Crippen LogP contribution in [0.4, 0.5) is 5.69 Å². The number of para-hydroxylation sites is 1.